The Kier molecular flexibility index (Phi) is 5.74. The van der Waals surface area contributed by atoms with Crippen LogP contribution in [0.5, 0.6) is 0 Å². The van der Waals surface area contributed by atoms with Crippen LogP contribution >= 0.6 is 22.7 Å². The van der Waals surface area contributed by atoms with Gasteiger partial charge < -0.3 is 9.84 Å². The molecule has 0 amide bonds. The highest BCUT2D eigenvalue weighted by atomic mass is 32.1. The first-order chi connectivity index (χ1) is 11.7. The highest BCUT2D eigenvalue weighted by molar-refractivity contribution is 7.12. The SMILES string of the molecule is CCCC1CCCCC1OC(=O)C(O)(c1cccs1)c1cccs1. The van der Waals surface area contributed by atoms with Crippen LogP contribution in [-0.4, -0.2) is 17.2 Å². The van der Waals surface area contributed by atoms with Crippen LogP contribution in [0.1, 0.15) is 55.2 Å². The fourth-order valence-corrected chi connectivity index (χ4v) is 5.26. The van der Waals surface area contributed by atoms with Crippen LogP contribution in [-0.2, 0) is 15.1 Å². The van der Waals surface area contributed by atoms with Crippen LogP contribution in [0, 0.1) is 5.92 Å². The summed E-state index contributed by atoms with van der Waals surface area (Å²) in [5.74, 6) is -0.107. The minimum absolute atomic E-state index is 0.0716. The molecule has 0 aromatic carbocycles. The summed E-state index contributed by atoms with van der Waals surface area (Å²) in [4.78, 5) is 14.3. The van der Waals surface area contributed by atoms with Crippen molar-refractivity contribution in [2.24, 2.45) is 5.92 Å². The predicted octanol–water partition coefficient (Wildman–Crippen LogP) is 4.95. The van der Waals surface area contributed by atoms with Crippen LogP contribution in [0.3, 0.4) is 0 Å². The minimum atomic E-state index is -1.68. The molecule has 1 fully saturated rings. The Balaban J connectivity index is 1.84. The number of rotatable bonds is 6. The zero-order valence-electron chi connectivity index (χ0n) is 13.9. The third kappa shape index (κ3) is 3.44. The second kappa shape index (κ2) is 7.81. The third-order valence-corrected chi connectivity index (χ3v) is 6.77. The Bertz CT molecular complexity index is 597. The van der Waals surface area contributed by atoms with E-state index in [1.807, 2.05) is 22.9 Å². The van der Waals surface area contributed by atoms with Gasteiger partial charge in [0.1, 0.15) is 6.10 Å². The number of carbonyl (C=O) groups is 1. The molecule has 2 heterocycles. The predicted molar refractivity (Wildman–Crippen MR) is 98.4 cm³/mol. The Hall–Kier alpha value is -1.17. The van der Waals surface area contributed by atoms with Gasteiger partial charge in [0, 0.05) is 0 Å². The van der Waals surface area contributed by atoms with E-state index >= 15 is 0 Å². The normalized spacial score (nSPS) is 21.6. The second-order valence-corrected chi connectivity index (χ2v) is 8.34. The zero-order chi connectivity index (χ0) is 17.0. The van der Waals surface area contributed by atoms with E-state index in [0.29, 0.717) is 15.7 Å². The van der Waals surface area contributed by atoms with Gasteiger partial charge in [0.2, 0.25) is 5.60 Å². The molecule has 24 heavy (non-hydrogen) atoms. The molecule has 3 rings (SSSR count). The molecule has 1 aliphatic carbocycles. The first kappa shape index (κ1) is 17.6. The van der Waals surface area contributed by atoms with Crippen LogP contribution in [0.2, 0.25) is 0 Å². The third-order valence-electron chi connectivity index (χ3n) is 4.81. The van der Waals surface area contributed by atoms with Crippen molar-refractivity contribution < 1.29 is 14.6 Å². The van der Waals surface area contributed by atoms with E-state index in [1.165, 1.54) is 29.1 Å². The fraction of sp³-hybridized carbons (Fsp3) is 0.526. The van der Waals surface area contributed by atoms with Gasteiger partial charge in [-0.2, -0.15) is 0 Å². The van der Waals surface area contributed by atoms with Crippen molar-refractivity contribution in [1.29, 1.82) is 0 Å². The monoisotopic (exact) mass is 364 g/mol. The molecule has 3 nitrogen and oxygen atoms in total. The topological polar surface area (TPSA) is 46.5 Å². The quantitative estimate of drug-likeness (QED) is 0.738. The van der Waals surface area contributed by atoms with Crippen molar-refractivity contribution in [3.63, 3.8) is 0 Å². The van der Waals surface area contributed by atoms with Gasteiger partial charge >= 0.3 is 5.97 Å². The van der Waals surface area contributed by atoms with Crippen molar-refractivity contribution in [2.45, 2.75) is 57.2 Å². The molecule has 0 saturated heterocycles. The number of carbonyl (C=O) groups excluding carboxylic acids is 1. The van der Waals surface area contributed by atoms with Gasteiger partial charge in [0.05, 0.1) is 9.75 Å². The van der Waals surface area contributed by atoms with Gasteiger partial charge in [-0.25, -0.2) is 4.79 Å². The summed E-state index contributed by atoms with van der Waals surface area (Å²) in [5, 5.41) is 15.0. The molecule has 0 spiro atoms. The lowest BCUT2D eigenvalue weighted by Gasteiger charge is -2.34. The first-order valence-corrected chi connectivity index (χ1v) is 10.4. The van der Waals surface area contributed by atoms with Crippen molar-refractivity contribution in [2.75, 3.05) is 0 Å². The molecule has 2 atom stereocenters. The molecule has 1 N–H and O–H groups in total. The van der Waals surface area contributed by atoms with E-state index in [1.54, 1.807) is 12.1 Å². The van der Waals surface area contributed by atoms with E-state index in [0.717, 1.165) is 32.1 Å². The average molecular weight is 365 g/mol. The maximum atomic E-state index is 13.0. The average Bonchev–Trinajstić information content (AvgIpc) is 3.30. The lowest BCUT2D eigenvalue weighted by Crippen LogP contribution is -2.41. The molecule has 0 bridgehead atoms. The molecule has 0 aliphatic heterocycles. The molecule has 0 radical (unpaired) electrons. The molecule has 130 valence electrons. The summed E-state index contributed by atoms with van der Waals surface area (Å²) in [7, 11) is 0. The number of ether oxygens (including phenoxy) is 1. The maximum Gasteiger partial charge on any atom is 0.349 e. The highest BCUT2D eigenvalue weighted by Crippen LogP contribution is 2.39. The number of hydrogen-bond donors (Lipinski definition) is 1. The smallest absolute Gasteiger partial charge is 0.349 e. The number of aliphatic hydroxyl groups is 1. The standard InChI is InChI=1S/C19H24O3S2/c1-2-7-14-8-3-4-9-15(14)22-18(20)19(21,16-10-5-12-23-16)17-11-6-13-24-17/h5-6,10-15,21H,2-4,7-9H2,1H3. The van der Waals surface area contributed by atoms with Gasteiger partial charge in [0.15, 0.2) is 0 Å². The minimum Gasteiger partial charge on any atom is -0.459 e. The zero-order valence-corrected chi connectivity index (χ0v) is 15.6. The van der Waals surface area contributed by atoms with E-state index in [2.05, 4.69) is 6.92 Å². The summed E-state index contributed by atoms with van der Waals surface area (Å²) in [6.07, 6.45) is 6.42. The van der Waals surface area contributed by atoms with Crippen molar-refractivity contribution in [3.8, 4) is 0 Å². The van der Waals surface area contributed by atoms with Gasteiger partial charge in [0.25, 0.3) is 0 Å². The number of thiophene rings is 2. The summed E-state index contributed by atoms with van der Waals surface area (Å²) in [6, 6.07) is 7.31. The number of esters is 1. The van der Waals surface area contributed by atoms with Crippen LogP contribution < -0.4 is 0 Å². The molecule has 5 heteroatoms. The maximum absolute atomic E-state index is 13.0. The molecule has 2 aromatic rings. The summed E-state index contributed by atoms with van der Waals surface area (Å²) in [5.41, 5.74) is -1.68. The van der Waals surface area contributed by atoms with Gasteiger partial charge in [-0.1, -0.05) is 31.9 Å². The lowest BCUT2D eigenvalue weighted by atomic mass is 9.83. The Morgan fingerprint density at radius 1 is 1.21 bits per heavy atom. The van der Waals surface area contributed by atoms with E-state index in [-0.39, 0.29) is 6.10 Å². The Morgan fingerprint density at radius 2 is 1.83 bits per heavy atom. The van der Waals surface area contributed by atoms with E-state index in [4.69, 9.17) is 4.74 Å². The van der Waals surface area contributed by atoms with Crippen molar-refractivity contribution in [1.82, 2.24) is 0 Å². The van der Waals surface area contributed by atoms with Gasteiger partial charge in [-0.15, -0.1) is 22.7 Å². The van der Waals surface area contributed by atoms with E-state index < -0.39 is 11.6 Å². The Labute approximate surface area is 151 Å². The molecular weight excluding hydrogens is 340 g/mol. The van der Waals surface area contributed by atoms with Gasteiger partial charge in [-0.05, 0) is 54.5 Å². The van der Waals surface area contributed by atoms with Gasteiger partial charge in [-0.3, -0.25) is 0 Å². The molecule has 1 aliphatic rings. The van der Waals surface area contributed by atoms with Crippen LogP contribution in [0.4, 0.5) is 0 Å². The van der Waals surface area contributed by atoms with Crippen LogP contribution in [0.25, 0.3) is 0 Å². The molecule has 1 saturated carbocycles. The molecular formula is C19H24O3S2. The Morgan fingerprint density at radius 3 is 2.38 bits per heavy atom. The lowest BCUT2D eigenvalue weighted by molar-refractivity contribution is -0.172. The molecule has 2 aromatic heterocycles. The fourth-order valence-electron chi connectivity index (χ4n) is 3.54. The summed E-state index contributed by atoms with van der Waals surface area (Å²) < 4.78 is 5.89. The summed E-state index contributed by atoms with van der Waals surface area (Å²) >= 11 is 2.77. The first-order valence-electron chi connectivity index (χ1n) is 8.67. The molecule has 2 unspecified atom stereocenters. The largest absolute Gasteiger partial charge is 0.459 e. The second-order valence-electron chi connectivity index (χ2n) is 6.44. The summed E-state index contributed by atoms with van der Waals surface area (Å²) in [6.45, 7) is 2.17. The van der Waals surface area contributed by atoms with Crippen molar-refractivity contribution in [3.05, 3.63) is 44.8 Å². The number of hydrogen-bond acceptors (Lipinski definition) is 5. The van der Waals surface area contributed by atoms with Crippen molar-refractivity contribution >= 4 is 28.6 Å². The highest BCUT2D eigenvalue weighted by Gasteiger charge is 2.45. The van der Waals surface area contributed by atoms with Crippen LogP contribution in [0.15, 0.2) is 35.0 Å². The van der Waals surface area contributed by atoms with E-state index in [9.17, 15) is 9.90 Å².